The van der Waals surface area contributed by atoms with Crippen LogP contribution in [-0.2, 0) is 0 Å². The number of nitrogens with zero attached hydrogens (tertiary/aromatic N) is 1. The average molecular weight is 330 g/mol. The van der Waals surface area contributed by atoms with Crippen LogP contribution in [0.5, 0.6) is 11.5 Å². The highest BCUT2D eigenvalue weighted by molar-refractivity contribution is 5.77. The van der Waals surface area contributed by atoms with Gasteiger partial charge >= 0.3 is 6.03 Å². The van der Waals surface area contributed by atoms with Gasteiger partial charge in [-0.2, -0.15) is 0 Å². The number of rotatable bonds is 4. The maximum absolute atomic E-state index is 11.7. The van der Waals surface area contributed by atoms with E-state index in [2.05, 4.69) is 11.4 Å². The van der Waals surface area contributed by atoms with E-state index < -0.39 is 0 Å². The highest BCUT2D eigenvalue weighted by Crippen LogP contribution is 2.44. The van der Waals surface area contributed by atoms with Crippen molar-refractivity contribution in [1.29, 1.82) is 0 Å². The van der Waals surface area contributed by atoms with Crippen LogP contribution in [0.15, 0.2) is 18.2 Å². The number of methoxy groups -OCH3 is 1. The minimum Gasteiger partial charge on any atom is -0.493 e. The van der Waals surface area contributed by atoms with Gasteiger partial charge in [0, 0.05) is 13.6 Å². The van der Waals surface area contributed by atoms with Gasteiger partial charge in [-0.1, -0.05) is 6.07 Å². The van der Waals surface area contributed by atoms with Gasteiger partial charge in [-0.3, -0.25) is 0 Å². The third-order valence-corrected chi connectivity index (χ3v) is 6.07. The van der Waals surface area contributed by atoms with E-state index in [1.165, 1.54) is 32.1 Å². The molecule has 1 saturated heterocycles. The fourth-order valence-corrected chi connectivity index (χ4v) is 4.55. The first-order valence-electron chi connectivity index (χ1n) is 9.01. The Morgan fingerprint density at radius 1 is 1.17 bits per heavy atom. The molecule has 5 nitrogen and oxygen atoms in total. The Morgan fingerprint density at radius 2 is 1.96 bits per heavy atom. The highest BCUT2D eigenvalue weighted by Gasteiger charge is 2.37. The van der Waals surface area contributed by atoms with Gasteiger partial charge in [0.2, 0.25) is 0 Å². The Labute approximate surface area is 143 Å². The van der Waals surface area contributed by atoms with Crippen molar-refractivity contribution < 1.29 is 14.3 Å². The van der Waals surface area contributed by atoms with Crippen LogP contribution in [0.1, 0.15) is 43.7 Å². The smallest absolute Gasteiger partial charge is 0.317 e. The molecule has 2 bridgehead atoms. The van der Waals surface area contributed by atoms with E-state index in [0.717, 1.165) is 23.0 Å². The average Bonchev–Trinajstić information content (AvgIpc) is 2.95. The molecular formula is C19H26N2O3. The lowest BCUT2D eigenvalue weighted by atomic mass is 9.69. The molecule has 1 unspecified atom stereocenters. The number of nitrogens with one attached hydrogen (secondary N) is 1. The lowest BCUT2D eigenvalue weighted by Crippen LogP contribution is -2.39. The summed E-state index contributed by atoms with van der Waals surface area (Å²) in [6, 6.07) is 6.07. The van der Waals surface area contributed by atoms with Crippen LogP contribution < -0.4 is 14.8 Å². The number of amides is 2. The molecule has 3 saturated carbocycles. The molecule has 0 spiro atoms. The molecule has 4 aliphatic rings. The quantitative estimate of drug-likeness (QED) is 0.921. The summed E-state index contributed by atoms with van der Waals surface area (Å²) in [6.45, 7) is 0.634. The zero-order valence-electron chi connectivity index (χ0n) is 14.5. The zero-order chi connectivity index (χ0) is 16.7. The van der Waals surface area contributed by atoms with Crippen molar-refractivity contribution in [3.8, 4) is 11.5 Å². The van der Waals surface area contributed by atoms with Crippen molar-refractivity contribution in [2.75, 3.05) is 20.7 Å². The standard InChI is InChI=1S/C19H26N2O3/c1-21-15(11-20-19(21)22)14-7-8-16(23-2)18(10-14)24-17-9-12-3-5-13(17)6-4-12/h7-8,10,12-13,15,17H,3-6,9,11H2,1-2H3,(H,20,22)/t12?,13?,15?,17-/m0/s1. The van der Waals surface area contributed by atoms with Crippen molar-refractivity contribution in [2.45, 2.75) is 44.2 Å². The van der Waals surface area contributed by atoms with Gasteiger partial charge in [0.05, 0.1) is 13.2 Å². The van der Waals surface area contributed by atoms with E-state index in [0.29, 0.717) is 18.6 Å². The molecule has 1 N–H and O–H groups in total. The van der Waals surface area contributed by atoms with Gasteiger partial charge in [0.15, 0.2) is 11.5 Å². The first-order chi connectivity index (χ1) is 11.7. The van der Waals surface area contributed by atoms with Crippen LogP contribution in [0.25, 0.3) is 0 Å². The third kappa shape index (κ3) is 2.70. The summed E-state index contributed by atoms with van der Waals surface area (Å²) in [7, 11) is 3.51. The Hall–Kier alpha value is -1.91. The summed E-state index contributed by atoms with van der Waals surface area (Å²) in [6.07, 6.45) is 6.79. The molecule has 1 aliphatic heterocycles. The van der Waals surface area contributed by atoms with E-state index in [1.54, 1.807) is 12.0 Å². The first kappa shape index (κ1) is 15.6. The summed E-state index contributed by atoms with van der Waals surface area (Å²) in [5.41, 5.74) is 1.09. The van der Waals surface area contributed by atoms with Gasteiger partial charge in [-0.15, -0.1) is 0 Å². The number of hydrogen-bond donors (Lipinski definition) is 1. The van der Waals surface area contributed by atoms with Crippen molar-refractivity contribution in [2.24, 2.45) is 11.8 Å². The second kappa shape index (κ2) is 6.19. The van der Waals surface area contributed by atoms with Crippen molar-refractivity contribution in [3.05, 3.63) is 23.8 Å². The summed E-state index contributed by atoms with van der Waals surface area (Å²) in [5.74, 6) is 3.11. The maximum atomic E-state index is 11.7. The van der Waals surface area contributed by atoms with Crippen LogP contribution in [0.3, 0.4) is 0 Å². The van der Waals surface area contributed by atoms with Crippen molar-refractivity contribution in [3.63, 3.8) is 0 Å². The van der Waals surface area contributed by atoms with Crippen LogP contribution in [-0.4, -0.2) is 37.7 Å². The minimum atomic E-state index is -0.0251. The number of fused-ring (bicyclic) bond motifs is 3. The maximum Gasteiger partial charge on any atom is 0.317 e. The number of carbonyl (C=O) groups is 1. The molecule has 1 aromatic rings. The molecule has 4 fully saturated rings. The number of likely N-dealkylation sites (N-methyl/N-ethyl adjacent to an activating group) is 1. The lowest BCUT2D eigenvalue weighted by Gasteiger charge is -2.42. The SMILES string of the molecule is COc1ccc(C2CNC(=O)N2C)cc1O[C@H]1CC2CCC1CC2. The summed E-state index contributed by atoms with van der Waals surface area (Å²) in [4.78, 5) is 13.5. The van der Waals surface area contributed by atoms with Crippen LogP contribution in [0, 0.1) is 11.8 Å². The molecule has 24 heavy (non-hydrogen) atoms. The molecule has 5 heteroatoms. The second-order valence-corrected chi connectivity index (χ2v) is 7.40. The topological polar surface area (TPSA) is 50.8 Å². The Morgan fingerprint density at radius 3 is 2.54 bits per heavy atom. The molecule has 5 rings (SSSR count). The van der Waals surface area contributed by atoms with Crippen molar-refractivity contribution >= 4 is 6.03 Å². The highest BCUT2D eigenvalue weighted by atomic mass is 16.5. The fraction of sp³-hybridized carbons (Fsp3) is 0.632. The van der Waals surface area contributed by atoms with Gasteiger partial charge < -0.3 is 19.7 Å². The van der Waals surface area contributed by atoms with Crippen LogP contribution >= 0.6 is 0 Å². The van der Waals surface area contributed by atoms with E-state index in [-0.39, 0.29) is 12.1 Å². The Bertz CT molecular complexity index is 625. The molecule has 1 aromatic carbocycles. The predicted molar refractivity (Wildman–Crippen MR) is 91.4 cm³/mol. The van der Waals surface area contributed by atoms with Gasteiger partial charge in [-0.05, 0) is 61.6 Å². The second-order valence-electron chi connectivity index (χ2n) is 7.40. The predicted octanol–water partition coefficient (Wildman–Crippen LogP) is 3.35. The lowest BCUT2D eigenvalue weighted by molar-refractivity contribution is 0.0185. The number of carbonyl (C=O) groups excluding carboxylic acids is 1. The largest absolute Gasteiger partial charge is 0.493 e. The molecule has 0 radical (unpaired) electrons. The first-order valence-corrected chi connectivity index (χ1v) is 9.01. The molecule has 3 aliphatic carbocycles. The van der Waals surface area contributed by atoms with Gasteiger partial charge in [-0.25, -0.2) is 4.79 Å². The molecular weight excluding hydrogens is 304 g/mol. The monoisotopic (exact) mass is 330 g/mol. The number of urea groups is 1. The zero-order valence-corrected chi connectivity index (χ0v) is 14.5. The van der Waals surface area contributed by atoms with Gasteiger partial charge in [0.1, 0.15) is 6.10 Å². The van der Waals surface area contributed by atoms with Crippen LogP contribution in [0.2, 0.25) is 0 Å². The summed E-state index contributed by atoms with van der Waals surface area (Å²) < 4.78 is 11.9. The summed E-state index contributed by atoms with van der Waals surface area (Å²) >= 11 is 0. The fourth-order valence-electron chi connectivity index (χ4n) is 4.55. The van der Waals surface area contributed by atoms with E-state index in [4.69, 9.17) is 9.47 Å². The van der Waals surface area contributed by atoms with Crippen molar-refractivity contribution in [1.82, 2.24) is 10.2 Å². The normalized spacial score (nSPS) is 31.9. The number of hydrogen-bond acceptors (Lipinski definition) is 3. The number of benzene rings is 1. The number of ether oxygens (including phenoxy) is 2. The van der Waals surface area contributed by atoms with E-state index in [9.17, 15) is 4.79 Å². The summed E-state index contributed by atoms with van der Waals surface area (Å²) in [5, 5.41) is 2.88. The molecule has 130 valence electrons. The Balaban J connectivity index is 1.57. The van der Waals surface area contributed by atoms with E-state index >= 15 is 0 Å². The molecule has 2 amide bonds. The van der Waals surface area contributed by atoms with Gasteiger partial charge in [0.25, 0.3) is 0 Å². The molecule has 0 aromatic heterocycles. The van der Waals surface area contributed by atoms with Crippen LogP contribution in [0.4, 0.5) is 4.79 Å². The Kier molecular flexibility index (Phi) is 4.02. The van der Waals surface area contributed by atoms with E-state index in [1.807, 2.05) is 19.2 Å². The minimum absolute atomic E-state index is 0.0251. The third-order valence-electron chi connectivity index (χ3n) is 6.07. The molecule has 1 heterocycles. The molecule has 2 atom stereocenters.